The van der Waals surface area contributed by atoms with Crippen molar-refractivity contribution < 1.29 is 38.2 Å². The Balaban J connectivity index is 1.06. The van der Waals surface area contributed by atoms with Gasteiger partial charge in [-0.1, -0.05) is 121 Å². The summed E-state index contributed by atoms with van der Waals surface area (Å²) in [6, 6.07) is 35.9. The predicted octanol–water partition coefficient (Wildman–Crippen LogP) is 5.53. The second kappa shape index (κ2) is 21.1. The van der Waals surface area contributed by atoms with Crippen LogP contribution in [-0.2, 0) is 50.0 Å². The molecular weight excluding hydrogens is 741 g/mol. The lowest BCUT2D eigenvalue weighted by molar-refractivity contribution is -0.171. The normalized spacial score (nSPS) is 16.4. The van der Waals surface area contributed by atoms with Crippen LogP contribution in [0.15, 0.2) is 126 Å². The Hall–Kier alpha value is -6.54. The van der Waals surface area contributed by atoms with E-state index in [-0.39, 0.29) is 45.2 Å². The number of benzene rings is 4. The molecule has 0 spiro atoms. The monoisotopic (exact) mass is 788 g/mol. The number of aliphatic imine (C=N–C) groups is 1. The van der Waals surface area contributed by atoms with Gasteiger partial charge < -0.3 is 19.1 Å². The second-order valence-electron chi connectivity index (χ2n) is 13.9. The van der Waals surface area contributed by atoms with Crippen LogP contribution in [0.5, 0.6) is 0 Å². The van der Waals surface area contributed by atoms with Crippen LogP contribution in [-0.4, -0.2) is 96.1 Å². The summed E-state index contributed by atoms with van der Waals surface area (Å²) < 4.78 is 16.3. The number of likely N-dealkylation sites (tertiary alicyclic amines) is 1. The summed E-state index contributed by atoms with van der Waals surface area (Å²) in [5.74, 6) is -2.18. The third kappa shape index (κ3) is 12.0. The maximum atomic E-state index is 13.8. The molecule has 2 saturated heterocycles. The number of nitrogens with zero attached hydrogens (tertiary/aromatic N) is 4. The molecule has 4 aromatic rings. The summed E-state index contributed by atoms with van der Waals surface area (Å²) in [6.45, 7) is 3.01. The molecule has 2 heterocycles. The molecule has 2 atom stereocenters. The molecule has 2 unspecified atom stereocenters. The summed E-state index contributed by atoms with van der Waals surface area (Å²) in [6.07, 6.45) is -0.356. The van der Waals surface area contributed by atoms with Gasteiger partial charge in [-0.3, -0.25) is 25.3 Å². The Morgan fingerprint density at radius 1 is 0.621 bits per heavy atom. The zero-order valence-corrected chi connectivity index (χ0v) is 32.2. The van der Waals surface area contributed by atoms with Crippen molar-refractivity contribution in [3.63, 3.8) is 0 Å². The highest BCUT2D eigenvalue weighted by atomic mass is 16.6. The Morgan fingerprint density at radius 2 is 1.09 bits per heavy atom. The standard InChI is InChI=1S/C44H48N6O8/c51-39-37(22-13-24-45-41(46-42(53)57-31-35-18-9-3-10-19-35)47-43(54)58-32-36-20-11-4-12-21-36)38(40(52)56-30-34-16-7-2-8-17-34)50(39)44(55)49-28-26-48(27-29-49)25-23-33-14-5-1-6-15-33/h1-12,14-21,37-38H,13,22-32H2,(H2,45,46,47,53,54). The molecule has 5 amide bonds. The van der Waals surface area contributed by atoms with Crippen LogP contribution >= 0.6 is 0 Å². The number of hydrogen-bond donors (Lipinski definition) is 2. The first-order chi connectivity index (χ1) is 28.3. The van der Waals surface area contributed by atoms with E-state index in [1.54, 1.807) is 29.2 Å². The van der Waals surface area contributed by atoms with Crippen LogP contribution in [0.1, 0.15) is 35.1 Å². The van der Waals surface area contributed by atoms with Crippen LogP contribution in [0, 0.1) is 5.92 Å². The smallest absolute Gasteiger partial charge is 0.414 e. The zero-order chi connectivity index (χ0) is 40.5. The maximum absolute atomic E-state index is 13.8. The van der Waals surface area contributed by atoms with Gasteiger partial charge in [-0.05, 0) is 41.5 Å². The Bertz CT molecular complexity index is 1930. The molecule has 14 heteroatoms. The second-order valence-corrected chi connectivity index (χ2v) is 13.9. The van der Waals surface area contributed by atoms with Crippen LogP contribution in [0.3, 0.4) is 0 Å². The Morgan fingerprint density at radius 3 is 1.59 bits per heavy atom. The largest absolute Gasteiger partial charge is 0.459 e. The van der Waals surface area contributed by atoms with E-state index in [4.69, 9.17) is 14.2 Å². The molecular formula is C44H48N6O8. The van der Waals surface area contributed by atoms with Crippen LogP contribution < -0.4 is 10.6 Å². The van der Waals surface area contributed by atoms with E-state index in [1.807, 2.05) is 84.9 Å². The van der Waals surface area contributed by atoms with Gasteiger partial charge in [0.15, 0.2) is 6.04 Å². The minimum absolute atomic E-state index is 0.00899. The number of amides is 5. The number of β-lactam (4-membered cyclic amide) rings is 1. The fourth-order valence-corrected chi connectivity index (χ4v) is 6.70. The quantitative estimate of drug-likeness (QED) is 0.0419. The molecule has 2 N–H and O–H groups in total. The van der Waals surface area contributed by atoms with Crippen LogP contribution in [0.25, 0.3) is 0 Å². The maximum Gasteiger partial charge on any atom is 0.414 e. The van der Waals surface area contributed by atoms with Crippen molar-refractivity contribution in [1.29, 1.82) is 0 Å². The van der Waals surface area contributed by atoms with E-state index in [1.165, 1.54) is 5.56 Å². The van der Waals surface area contributed by atoms with Gasteiger partial charge in [0.2, 0.25) is 11.9 Å². The van der Waals surface area contributed by atoms with E-state index < -0.39 is 42.1 Å². The number of guanidine groups is 1. The Labute approximate surface area is 337 Å². The molecule has 14 nitrogen and oxygen atoms in total. The minimum Gasteiger partial charge on any atom is -0.459 e. The zero-order valence-electron chi connectivity index (χ0n) is 32.2. The highest BCUT2D eigenvalue weighted by Gasteiger charge is 2.56. The van der Waals surface area contributed by atoms with Crippen molar-refractivity contribution in [3.05, 3.63) is 144 Å². The van der Waals surface area contributed by atoms with Crippen molar-refractivity contribution in [3.8, 4) is 0 Å². The average molecular weight is 789 g/mol. The first-order valence-electron chi connectivity index (χ1n) is 19.4. The number of carbonyl (C=O) groups is 5. The summed E-state index contributed by atoms with van der Waals surface area (Å²) in [5.41, 5.74) is 3.55. The molecule has 2 aliphatic heterocycles. The van der Waals surface area contributed by atoms with Crippen LogP contribution in [0.2, 0.25) is 0 Å². The van der Waals surface area contributed by atoms with Gasteiger partial charge in [-0.15, -0.1) is 0 Å². The summed E-state index contributed by atoms with van der Waals surface area (Å²) in [5, 5.41) is 4.90. The fraction of sp³-hybridized carbons (Fsp3) is 0.318. The number of nitrogens with one attached hydrogen (secondary N) is 2. The number of carbonyl (C=O) groups excluding carboxylic acids is 5. The number of ether oxygens (including phenoxy) is 3. The van der Waals surface area contributed by atoms with Crippen molar-refractivity contribution in [1.82, 2.24) is 25.3 Å². The van der Waals surface area contributed by atoms with Crippen molar-refractivity contribution in [2.45, 2.75) is 45.1 Å². The van der Waals surface area contributed by atoms with Crippen LogP contribution in [0.4, 0.5) is 14.4 Å². The molecule has 302 valence electrons. The molecule has 4 aromatic carbocycles. The molecule has 0 aromatic heterocycles. The minimum atomic E-state index is -1.11. The first kappa shape index (κ1) is 41.1. The van der Waals surface area contributed by atoms with E-state index in [2.05, 4.69) is 32.7 Å². The molecule has 58 heavy (non-hydrogen) atoms. The molecule has 0 radical (unpaired) electrons. The van der Waals surface area contributed by atoms with Gasteiger partial charge in [0.25, 0.3) is 0 Å². The number of alkyl carbamates (subject to hydrolysis) is 2. The molecule has 0 bridgehead atoms. The molecule has 0 saturated carbocycles. The third-order valence-corrected chi connectivity index (χ3v) is 9.90. The van der Waals surface area contributed by atoms with Gasteiger partial charge >= 0.3 is 24.2 Å². The lowest BCUT2D eigenvalue weighted by Gasteiger charge is -2.46. The number of hydrogen-bond acceptors (Lipinski definition) is 10. The lowest BCUT2D eigenvalue weighted by Crippen LogP contribution is -2.69. The van der Waals surface area contributed by atoms with E-state index in [0.29, 0.717) is 26.2 Å². The number of urea groups is 1. The Kier molecular flexibility index (Phi) is 15.0. The predicted molar refractivity (Wildman–Crippen MR) is 215 cm³/mol. The fourth-order valence-electron chi connectivity index (χ4n) is 6.70. The number of imide groups is 1. The van der Waals surface area contributed by atoms with Crippen molar-refractivity contribution in [2.75, 3.05) is 39.3 Å². The summed E-state index contributed by atoms with van der Waals surface area (Å²) in [7, 11) is 0. The van der Waals surface area contributed by atoms with Gasteiger partial charge in [-0.2, -0.15) is 0 Å². The van der Waals surface area contributed by atoms with Crippen molar-refractivity contribution in [2.24, 2.45) is 10.9 Å². The molecule has 2 aliphatic rings. The highest BCUT2D eigenvalue weighted by molar-refractivity contribution is 6.08. The molecule has 6 rings (SSSR count). The first-order valence-corrected chi connectivity index (χ1v) is 19.4. The molecule has 0 aliphatic carbocycles. The van der Waals surface area contributed by atoms with Gasteiger partial charge in [0, 0.05) is 39.3 Å². The molecule has 2 fully saturated rings. The number of piperazine rings is 1. The van der Waals surface area contributed by atoms with E-state index in [0.717, 1.165) is 34.6 Å². The van der Waals surface area contributed by atoms with Gasteiger partial charge in [0.1, 0.15) is 19.8 Å². The lowest BCUT2D eigenvalue weighted by atomic mass is 9.83. The topological polar surface area (TPSA) is 159 Å². The summed E-state index contributed by atoms with van der Waals surface area (Å²) in [4.78, 5) is 75.7. The number of esters is 1. The van der Waals surface area contributed by atoms with Gasteiger partial charge in [-0.25, -0.2) is 24.1 Å². The van der Waals surface area contributed by atoms with E-state index in [9.17, 15) is 24.0 Å². The van der Waals surface area contributed by atoms with Crippen molar-refractivity contribution >= 4 is 36.1 Å². The third-order valence-electron chi connectivity index (χ3n) is 9.90. The SMILES string of the molecule is O=C(NC(=NCCCC1C(=O)N(C(=O)N2CCN(CCc3ccccc3)CC2)C1C(=O)OCc1ccccc1)NC(=O)OCc1ccccc1)OCc1ccccc1. The van der Waals surface area contributed by atoms with Gasteiger partial charge in [0.05, 0.1) is 5.92 Å². The number of rotatable bonds is 14. The highest BCUT2D eigenvalue weighted by Crippen LogP contribution is 2.33. The average Bonchev–Trinajstić information content (AvgIpc) is 3.26. The summed E-state index contributed by atoms with van der Waals surface area (Å²) >= 11 is 0. The van der Waals surface area contributed by atoms with E-state index >= 15 is 0 Å².